The molecule has 8 nitrogen and oxygen atoms in total. The van der Waals surface area contributed by atoms with E-state index in [9.17, 15) is 4.79 Å². The minimum atomic E-state index is 0.491. The van der Waals surface area contributed by atoms with Gasteiger partial charge >= 0.3 is 0 Å². The Morgan fingerprint density at radius 2 is 1.97 bits per heavy atom. The van der Waals surface area contributed by atoms with Gasteiger partial charge in [0.15, 0.2) is 4.34 Å². The molecule has 0 spiro atoms. The Labute approximate surface area is 196 Å². The number of aryl methyl sites for hydroxylation is 1. The summed E-state index contributed by atoms with van der Waals surface area (Å²) >= 11 is 3.43. The average Bonchev–Trinajstić information content (AvgIpc) is 3.14. The van der Waals surface area contributed by atoms with E-state index < -0.39 is 0 Å². The standard InChI is InChI=1S/C22H27N7OS2/c1-15(2)31-22-25-16(3)20(32-22)18-6-7-23-21(26-18)27-19-5-4-17(14-24-19)29-10-8-28(9-11-29)12-13-30/h4-7,13-15H,8-12H2,1-3H3,(H,23,24,26,27). The molecule has 0 unspecified atom stereocenters. The highest BCUT2D eigenvalue weighted by Crippen LogP contribution is 2.35. The van der Waals surface area contributed by atoms with Crippen molar-refractivity contribution in [2.45, 2.75) is 30.4 Å². The molecule has 1 fully saturated rings. The molecule has 4 rings (SSSR count). The lowest BCUT2D eigenvalue weighted by molar-refractivity contribution is -0.108. The van der Waals surface area contributed by atoms with E-state index in [-0.39, 0.29) is 0 Å². The van der Waals surface area contributed by atoms with Crippen molar-refractivity contribution in [2.24, 2.45) is 0 Å². The van der Waals surface area contributed by atoms with Gasteiger partial charge in [-0.3, -0.25) is 4.90 Å². The third kappa shape index (κ3) is 5.62. The fourth-order valence-corrected chi connectivity index (χ4v) is 5.84. The first-order valence-electron chi connectivity index (χ1n) is 10.6. The summed E-state index contributed by atoms with van der Waals surface area (Å²) in [7, 11) is 0. The smallest absolute Gasteiger partial charge is 0.228 e. The van der Waals surface area contributed by atoms with Gasteiger partial charge in [0.2, 0.25) is 5.95 Å². The largest absolute Gasteiger partial charge is 0.368 e. The van der Waals surface area contributed by atoms with Crippen molar-refractivity contribution in [3.8, 4) is 10.6 Å². The first-order chi connectivity index (χ1) is 15.5. The predicted octanol–water partition coefficient (Wildman–Crippen LogP) is 3.87. The molecule has 3 aromatic rings. The number of piperazine rings is 1. The van der Waals surface area contributed by atoms with Crippen LogP contribution in [0.5, 0.6) is 0 Å². The van der Waals surface area contributed by atoms with Crippen molar-refractivity contribution in [1.29, 1.82) is 0 Å². The van der Waals surface area contributed by atoms with Gasteiger partial charge in [0, 0.05) is 37.6 Å². The molecule has 32 heavy (non-hydrogen) atoms. The number of carbonyl (C=O) groups is 1. The Morgan fingerprint density at radius 1 is 1.16 bits per heavy atom. The molecule has 1 aliphatic rings. The van der Waals surface area contributed by atoms with Gasteiger partial charge < -0.3 is 15.0 Å². The topological polar surface area (TPSA) is 87.1 Å². The summed E-state index contributed by atoms with van der Waals surface area (Å²) in [5.41, 5.74) is 2.92. The van der Waals surface area contributed by atoms with Crippen LogP contribution in [-0.4, -0.2) is 69.1 Å². The fourth-order valence-electron chi connectivity index (χ4n) is 3.46. The highest BCUT2D eigenvalue weighted by Gasteiger charge is 2.17. The first kappa shape index (κ1) is 22.6. The number of pyridine rings is 1. The maximum absolute atomic E-state index is 10.7. The molecular formula is C22H27N7OS2. The van der Waals surface area contributed by atoms with Crippen molar-refractivity contribution >= 4 is 46.8 Å². The van der Waals surface area contributed by atoms with Crippen LogP contribution < -0.4 is 10.2 Å². The number of carbonyl (C=O) groups excluding carboxylic acids is 1. The first-order valence-corrected chi connectivity index (χ1v) is 12.3. The van der Waals surface area contributed by atoms with Crippen LogP contribution in [-0.2, 0) is 4.79 Å². The molecule has 1 N–H and O–H groups in total. The summed E-state index contributed by atoms with van der Waals surface area (Å²) in [6.07, 6.45) is 4.59. The van der Waals surface area contributed by atoms with Gasteiger partial charge in [-0.25, -0.2) is 19.9 Å². The Bertz CT molecular complexity index is 1050. The van der Waals surface area contributed by atoms with Gasteiger partial charge in [-0.05, 0) is 25.1 Å². The van der Waals surface area contributed by atoms with E-state index in [1.165, 1.54) is 0 Å². The lowest BCUT2D eigenvalue weighted by Gasteiger charge is -2.35. The summed E-state index contributed by atoms with van der Waals surface area (Å²) in [4.78, 5) is 34.5. The zero-order valence-electron chi connectivity index (χ0n) is 18.5. The maximum atomic E-state index is 10.7. The number of thiazole rings is 1. The van der Waals surface area contributed by atoms with Crippen LogP contribution in [0.15, 0.2) is 34.9 Å². The number of anilines is 3. The number of nitrogens with one attached hydrogen (secondary N) is 1. The zero-order chi connectivity index (χ0) is 22.5. The van der Waals surface area contributed by atoms with Gasteiger partial charge in [0.05, 0.1) is 34.7 Å². The zero-order valence-corrected chi connectivity index (χ0v) is 20.1. The van der Waals surface area contributed by atoms with Gasteiger partial charge in [0.25, 0.3) is 0 Å². The Morgan fingerprint density at radius 3 is 2.66 bits per heavy atom. The van der Waals surface area contributed by atoms with E-state index in [1.54, 1.807) is 29.3 Å². The molecule has 0 bridgehead atoms. The molecule has 3 aromatic heterocycles. The van der Waals surface area contributed by atoms with Crippen molar-refractivity contribution in [3.63, 3.8) is 0 Å². The SMILES string of the molecule is Cc1nc(SC(C)C)sc1-c1ccnc(Nc2ccc(N3CCN(CC=O)CC3)cn2)n1. The van der Waals surface area contributed by atoms with E-state index in [1.807, 2.05) is 25.3 Å². The molecule has 0 radical (unpaired) electrons. The number of hydrogen-bond donors (Lipinski definition) is 1. The molecule has 4 heterocycles. The quantitative estimate of drug-likeness (QED) is 0.390. The van der Waals surface area contributed by atoms with Gasteiger partial charge in [-0.2, -0.15) is 0 Å². The van der Waals surface area contributed by atoms with Crippen molar-refractivity contribution in [1.82, 2.24) is 24.8 Å². The van der Waals surface area contributed by atoms with Crippen molar-refractivity contribution in [3.05, 3.63) is 36.3 Å². The third-order valence-corrected chi connectivity index (χ3v) is 7.34. The number of hydrogen-bond acceptors (Lipinski definition) is 10. The van der Waals surface area contributed by atoms with E-state index in [0.717, 1.165) is 58.8 Å². The highest BCUT2D eigenvalue weighted by atomic mass is 32.2. The Kier molecular flexibility index (Phi) is 7.33. The average molecular weight is 470 g/mol. The molecule has 10 heteroatoms. The molecule has 0 aromatic carbocycles. The van der Waals surface area contributed by atoms with E-state index in [2.05, 4.69) is 55.0 Å². The van der Waals surface area contributed by atoms with Crippen LogP contribution >= 0.6 is 23.1 Å². The second kappa shape index (κ2) is 10.4. The highest BCUT2D eigenvalue weighted by molar-refractivity contribution is 8.01. The maximum Gasteiger partial charge on any atom is 0.228 e. The summed E-state index contributed by atoms with van der Waals surface area (Å²) in [6, 6.07) is 5.91. The number of nitrogens with zero attached hydrogens (tertiary/aromatic N) is 6. The normalized spacial score (nSPS) is 14.7. The second-order valence-electron chi connectivity index (χ2n) is 7.81. The summed E-state index contributed by atoms with van der Waals surface area (Å²) in [5, 5.41) is 3.70. The molecule has 1 saturated heterocycles. The van der Waals surface area contributed by atoms with Crippen molar-refractivity contribution < 1.29 is 4.79 Å². The lowest BCUT2D eigenvalue weighted by Crippen LogP contribution is -2.46. The number of aldehydes is 1. The summed E-state index contributed by atoms with van der Waals surface area (Å²) in [5.74, 6) is 1.21. The predicted molar refractivity (Wildman–Crippen MR) is 131 cm³/mol. The minimum absolute atomic E-state index is 0.491. The third-order valence-electron chi connectivity index (χ3n) is 5.06. The van der Waals surface area contributed by atoms with Gasteiger partial charge in [0.1, 0.15) is 12.1 Å². The molecule has 1 aliphatic heterocycles. The van der Waals surface area contributed by atoms with Gasteiger partial charge in [-0.15, -0.1) is 11.3 Å². The molecule has 0 amide bonds. The van der Waals surface area contributed by atoms with Crippen LogP contribution in [0, 0.1) is 6.92 Å². The van der Waals surface area contributed by atoms with Crippen LogP contribution in [0.1, 0.15) is 19.5 Å². The van der Waals surface area contributed by atoms with E-state index in [4.69, 9.17) is 0 Å². The molecular weight excluding hydrogens is 442 g/mol. The monoisotopic (exact) mass is 469 g/mol. The molecule has 0 atom stereocenters. The van der Waals surface area contributed by atoms with E-state index >= 15 is 0 Å². The number of rotatable bonds is 8. The minimum Gasteiger partial charge on any atom is -0.368 e. The summed E-state index contributed by atoms with van der Waals surface area (Å²) in [6.45, 7) is 10.4. The Hall–Kier alpha value is -2.56. The molecule has 0 aliphatic carbocycles. The Balaban J connectivity index is 1.42. The lowest BCUT2D eigenvalue weighted by atomic mass is 10.2. The fraction of sp³-hybridized carbons (Fsp3) is 0.409. The van der Waals surface area contributed by atoms with Crippen LogP contribution in [0.25, 0.3) is 10.6 Å². The number of thioether (sulfide) groups is 1. The number of aromatic nitrogens is 4. The molecule has 0 saturated carbocycles. The molecule has 168 valence electrons. The van der Waals surface area contributed by atoms with Crippen molar-refractivity contribution in [2.75, 3.05) is 42.9 Å². The van der Waals surface area contributed by atoms with Gasteiger partial charge in [-0.1, -0.05) is 25.6 Å². The van der Waals surface area contributed by atoms with E-state index in [0.29, 0.717) is 23.6 Å². The summed E-state index contributed by atoms with van der Waals surface area (Å²) < 4.78 is 1.06. The van der Waals surface area contributed by atoms with Crippen LogP contribution in [0.2, 0.25) is 0 Å². The second-order valence-corrected chi connectivity index (χ2v) is 10.6. The van der Waals surface area contributed by atoms with Crippen LogP contribution in [0.4, 0.5) is 17.5 Å². The van der Waals surface area contributed by atoms with Crippen LogP contribution in [0.3, 0.4) is 0 Å².